The Labute approximate surface area is 151 Å². The summed E-state index contributed by atoms with van der Waals surface area (Å²) in [7, 11) is 0. The van der Waals surface area contributed by atoms with E-state index in [1.807, 2.05) is 6.20 Å². The summed E-state index contributed by atoms with van der Waals surface area (Å²) in [5, 5.41) is 0. The predicted molar refractivity (Wildman–Crippen MR) is 108 cm³/mol. The Bertz CT molecular complexity index is 410. The lowest BCUT2D eigenvalue weighted by Gasteiger charge is -2.07. The molecule has 0 atom stereocenters. The molecule has 1 nitrogen and oxygen atoms in total. The van der Waals surface area contributed by atoms with Crippen LogP contribution in [0, 0.1) is 13.8 Å². The largest absolute Gasteiger partial charge is 0.261 e. The SMILES string of the molecule is CCCCCCCCCCCCCCCCc1nccc(C)c1C. The average Bonchev–Trinajstić information content (AvgIpc) is 2.58. The molecular formula is C23H41N. The standard InChI is InChI=1S/C23H41N/c1-4-5-6-7-8-9-10-11-12-13-14-15-16-17-18-23-22(3)21(2)19-20-24-23/h19-20H,4-18H2,1-3H3. The Morgan fingerprint density at radius 3 is 1.62 bits per heavy atom. The first-order chi connectivity index (χ1) is 11.8. The summed E-state index contributed by atoms with van der Waals surface area (Å²) >= 11 is 0. The van der Waals surface area contributed by atoms with E-state index in [4.69, 9.17) is 0 Å². The lowest BCUT2D eigenvalue weighted by molar-refractivity contribution is 0.535. The van der Waals surface area contributed by atoms with Gasteiger partial charge in [-0.25, -0.2) is 0 Å². The fourth-order valence-corrected chi connectivity index (χ4v) is 3.43. The van der Waals surface area contributed by atoms with Crippen LogP contribution in [0.3, 0.4) is 0 Å². The van der Waals surface area contributed by atoms with Crippen LogP contribution >= 0.6 is 0 Å². The molecule has 0 amide bonds. The maximum Gasteiger partial charge on any atom is 0.0435 e. The van der Waals surface area contributed by atoms with Crippen LogP contribution in [0.25, 0.3) is 0 Å². The van der Waals surface area contributed by atoms with E-state index in [9.17, 15) is 0 Å². The van der Waals surface area contributed by atoms with Gasteiger partial charge in [-0.15, -0.1) is 0 Å². The molecule has 0 aliphatic carbocycles. The second-order valence-electron chi connectivity index (χ2n) is 7.55. The third kappa shape index (κ3) is 10.1. The zero-order valence-corrected chi connectivity index (χ0v) is 16.7. The van der Waals surface area contributed by atoms with Gasteiger partial charge in [0.15, 0.2) is 0 Å². The topological polar surface area (TPSA) is 12.9 Å². The van der Waals surface area contributed by atoms with Gasteiger partial charge < -0.3 is 0 Å². The number of hydrogen-bond donors (Lipinski definition) is 0. The van der Waals surface area contributed by atoms with Gasteiger partial charge in [-0.05, 0) is 43.9 Å². The average molecular weight is 332 g/mol. The third-order valence-electron chi connectivity index (χ3n) is 5.35. The summed E-state index contributed by atoms with van der Waals surface area (Å²) in [4.78, 5) is 4.54. The van der Waals surface area contributed by atoms with E-state index in [2.05, 4.69) is 31.8 Å². The number of unbranched alkanes of at least 4 members (excludes halogenated alkanes) is 13. The molecule has 0 N–H and O–H groups in total. The molecule has 24 heavy (non-hydrogen) atoms. The second kappa shape index (κ2) is 14.5. The molecule has 1 heteroatoms. The van der Waals surface area contributed by atoms with Crippen molar-refractivity contribution in [1.82, 2.24) is 4.98 Å². The van der Waals surface area contributed by atoms with Crippen molar-refractivity contribution in [3.8, 4) is 0 Å². The van der Waals surface area contributed by atoms with Crippen molar-refractivity contribution in [2.24, 2.45) is 0 Å². The van der Waals surface area contributed by atoms with Gasteiger partial charge in [0.2, 0.25) is 0 Å². The van der Waals surface area contributed by atoms with E-state index in [1.54, 1.807) is 0 Å². The zero-order chi connectivity index (χ0) is 17.5. The predicted octanol–water partition coefficient (Wildman–Crippen LogP) is 7.72. The normalized spacial score (nSPS) is 11.1. The molecule has 0 spiro atoms. The first-order valence-corrected chi connectivity index (χ1v) is 10.7. The molecular weight excluding hydrogens is 290 g/mol. The highest BCUT2D eigenvalue weighted by Crippen LogP contribution is 2.15. The monoisotopic (exact) mass is 331 g/mol. The van der Waals surface area contributed by atoms with Crippen molar-refractivity contribution >= 4 is 0 Å². The number of hydrogen-bond acceptors (Lipinski definition) is 1. The van der Waals surface area contributed by atoms with Crippen LogP contribution in [0.1, 0.15) is 114 Å². The van der Waals surface area contributed by atoms with Gasteiger partial charge in [0.1, 0.15) is 0 Å². The van der Waals surface area contributed by atoms with Crippen molar-refractivity contribution in [2.75, 3.05) is 0 Å². The van der Waals surface area contributed by atoms with Crippen molar-refractivity contribution in [1.29, 1.82) is 0 Å². The molecule has 0 aromatic carbocycles. The van der Waals surface area contributed by atoms with Gasteiger partial charge in [-0.3, -0.25) is 4.98 Å². The smallest absolute Gasteiger partial charge is 0.0435 e. The lowest BCUT2D eigenvalue weighted by atomic mass is 10.0. The second-order valence-corrected chi connectivity index (χ2v) is 7.55. The molecule has 1 rings (SSSR count). The molecule has 138 valence electrons. The number of rotatable bonds is 15. The molecule has 0 radical (unpaired) electrons. The van der Waals surface area contributed by atoms with Crippen LogP contribution in [0.4, 0.5) is 0 Å². The fourth-order valence-electron chi connectivity index (χ4n) is 3.43. The summed E-state index contributed by atoms with van der Waals surface area (Å²) < 4.78 is 0. The number of nitrogens with zero attached hydrogens (tertiary/aromatic N) is 1. The molecule has 0 saturated heterocycles. The maximum atomic E-state index is 4.54. The van der Waals surface area contributed by atoms with Crippen molar-refractivity contribution in [3.05, 3.63) is 29.1 Å². The first kappa shape index (κ1) is 21.2. The summed E-state index contributed by atoms with van der Waals surface area (Å²) in [5.74, 6) is 0. The van der Waals surface area contributed by atoms with Crippen LogP contribution in [-0.4, -0.2) is 4.98 Å². The summed E-state index contributed by atoms with van der Waals surface area (Å²) in [6, 6.07) is 2.12. The summed E-state index contributed by atoms with van der Waals surface area (Å²) in [5.41, 5.74) is 4.09. The number of pyridine rings is 1. The van der Waals surface area contributed by atoms with Crippen LogP contribution < -0.4 is 0 Å². The van der Waals surface area contributed by atoms with Gasteiger partial charge in [0.25, 0.3) is 0 Å². The Hall–Kier alpha value is -0.850. The van der Waals surface area contributed by atoms with Crippen molar-refractivity contribution in [2.45, 2.75) is 117 Å². The molecule has 0 aliphatic heterocycles. The van der Waals surface area contributed by atoms with Gasteiger partial charge in [0.05, 0.1) is 0 Å². The van der Waals surface area contributed by atoms with E-state index in [0.29, 0.717) is 0 Å². The third-order valence-corrected chi connectivity index (χ3v) is 5.35. The summed E-state index contributed by atoms with van der Waals surface area (Å²) in [6.45, 7) is 6.69. The van der Waals surface area contributed by atoms with E-state index >= 15 is 0 Å². The van der Waals surface area contributed by atoms with Gasteiger partial charge >= 0.3 is 0 Å². The number of aryl methyl sites for hydroxylation is 2. The van der Waals surface area contributed by atoms with Gasteiger partial charge in [-0.1, -0.05) is 90.4 Å². The highest BCUT2D eigenvalue weighted by Gasteiger charge is 2.02. The Kier molecular flexibility index (Phi) is 12.8. The van der Waals surface area contributed by atoms with Crippen molar-refractivity contribution < 1.29 is 0 Å². The quantitative estimate of drug-likeness (QED) is 0.300. The van der Waals surface area contributed by atoms with Crippen LogP contribution in [0.15, 0.2) is 12.3 Å². The van der Waals surface area contributed by atoms with Gasteiger partial charge in [-0.2, -0.15) is 0 Å². The van der Waals surface area contributed by atoms with Crippen LogP contribution in [-0.2, 0) is 6.42 Å². The molecule has 0 saturated carbocycles. The van der Waals surface area contributed by atoms with Gasteiger partial charge in [0, 0.05) is 11.9 Å². The molecule has 0 fully saturated rings. The molecule has 1 heterocycles. The summed E-state index contributed by atoms with van der Waals surface area (Å²) in [6.07, 6.45) is 23.1. The minimum absolute atomic E-state index is 1.16. The first-order valence-electron chi connectivity index (χ1n) is 10.7. The van der Waals surface area contributed by atoms with Crippen molar-refractivity contribution in [3.63, 3.8) is 0 Å². The minimum Gasteiger partial charge on any atom is -0.261 e. The lowest BCUT2D eigenvalue weighted by Crippen LogP contribution is -1.96. The molecule has 1 aromatic rings. The Balaban J connectivity index is 1.85. The number of aromatic nitrogens is 1. The van der Waals surface area contributed by atoms with E-state index in [0.717, 1.165) is 6.42 Å². The Morgan fingerprint density at radius 2 is 1.12 bits per heavy atom. The van der Waals surface area contributed by atoms with E-state index in [-0.39, 0.29) is 0 Å². The molecule has 0 unspecified atom stereocenters. The van der Waals surface area contributed by atoms with Crippen LogP contribution in [0.5, 0.6) is 0 Å². The Morgan fingerprint density at radius 1 is 0.667 bits per heavy atom. The zero-order valence-electron chi connectivity index (χ0n) is 16.7. The highest BCUT2D eigenvalue weighted by molar-refractivity contribution is 5.27. The fraction of sp³-hybridized carbons (Fsp3) is 0.783. The van der Waals surface area contributed by atoms with E-state index < -0.39 is 0 Å². The highest BCUT2D eigenvalue weighted by atomic mass is 14.7. The molecule has 1 aromatic heterocycles. The maximum absolute atomic E-state index is 4.54. The van der Waals surface area contributed by atoms with E-state index in [1.165, 1.54) is 107 Å². The minimum atomic E-state index is 1.16. The molecule has 0 aliphatic rings. The van der Waals surface area contributed by atoms with Crippen LogP contribution in [0.2, 0.25) is 0 Å². The molecule has 0 bridgehead atoms.